The second kappa shape index (κ2) is 4.34. The molecule has 7 heteroatoms. The summed E-state index contributed by atoms with van der Waals surface area (Å²) >= 11 is 1.52. The summed E-state index contributed by atoms with van der Waals surface area (Å²) in [5, 5.41) is 21.9. The lowest BCUT2D eigenvalue weighted by Gasteiger charge is -2.00. The highest BCUT2D eigenvalue weighted by molar-refractivity contribution is 7.13. The molecule has 1 aliphatic rings. The van der Waals surface area contributed by atoms with Gasteiger partial charge in [0.1, 0.15) is 0 Å². The Bertz CT molecular complexity index is 577. The zero-order valence-electron chi connectivity index (χ0n) is 9.33. The summed E-state index contributed by atoms with van der Waals surface area (Å²) in [6.07, 6.45) is 2.44. The predicted octanol–water partition coefficient (Wildman–Crippen LogP) is 2.25. The molecule has 0 aliphatic heterocycles. The fourth-order valence-corrected chi connectivity index (χ4v) is 2.33. The Hall–Kier alpha value is -2.02. The van der Waals surface area contributed by atoms with Gasteiger partial charge in [0.25, 0.3) is 0 Å². The van der Waals surface area contributed by atoms with Gasteiger partial charge in [-0.3, -0.25) is 0 Å². The molecule has 0 unspecified atom stereocenters. The predicted molar refractivity (Wildman–Crippen MR) is 66.4 cm³/mol. The molecule has 18 heavy (non-hydrogen) atoms. The maximum Gasteiger partial charge on any atom is 0.356 e. The van der Waals surface area contributed by atoms with Crippen molar-refractivity contribution in [1.82, 2.24) is 15.2 Å². The van der Waals surface area contributed by atoms with Crippen molar-refractivity contribution in [2.75, 3.05) is 5.32 Å². The molecule has 0 aromatic carbocycles. The lowest BCUT2D eigenvalue weighted by molar-refractivity contribution is 0.0689. The Labute approximate surface area is 107 Å². The van der Waals surface area contributed by atoms with Crippen LogP contribution in [0.5, 0.6) is 0 Å². The Morgan fingerprint density at radius 2 is 2.22 bits per heavy atom. The molecular formula is C11H10N4O2S. The third-order valence-electron chi connectivity index (χ3n) is 2.64. The van der Waals surface area contributed by atoms with Crippen LogP contribution in [0, 0.1) is 0 Å². The van der Waals surface area contributed by atoms with Gasteiger partial charge in [0, 0.05) is 11.3 Å². The Kier molecular flexibility index (Phi) is 2.67. The Morgan fingerprint density at radius 3 is 2.83 bits per heavy atom. The number of aromatic nitrogens is 3. The minimum atomic E-state index is -1.08. The molecule has 6 nitrogen and oxygen atoms in total. The Morgan fingerprint density at radius 1 is 1.39 bits per heavy atom. The first-order valence-electron chi connectivity index (χ1n) is 5.52. The first kappa shape index (κ1) is 11.1. The van der Waals surface area contributed by atoms with Crippen molar-refractivity contribution in [2.45, 2.75) is 18.8 Å². The second-order valence-corrected chi connectivity index (χ2v) is 4.94. The fraction of sp³-hybridized carbons (Fsp3) is 0.273. The normalized spacial score (nSPS) is 14.4. The summed E-state index contributed by atoms with van der Waals surface area (Å²) in [4.78, 5) is 15.1. The number of hydrogen-bond acceptors (Lipinski definition) is 6. The van der Waals surface area contributed by atoms with E-state index in [-0.39, 0.29) is 5.69 Å². The molecule has 1 saturated carbocycles. The standard InChI is InChI=1S/C11H10N4O2S/c16-10(17)7-3-4-9(15-14-7)13-11-12-8(5-18-11)6-1-2-6/h3-6H,1-2H2,(H,16,17)(H,12,13,15). The molecule has 0 spiro atoms. The summed E-state index contributed by atoms with van der Waals surface area (Å²) in [6.45, 7) is 0. The molecule has 2 heterocycles. The van der Waals surface area contributed by atoms with Crippen LogP contribution in [0.3, 0.4) is 0 Å². The van der Waals surface area contributed by atoms with Gasteiger partial charge in [-0.05, 0) is 25.0 Å². The van der Waals surface area contributed by atoms with Crippen LogP contribution in [0.1, 0.15) is 34.9 Å². The van der Waals surface area contributed by atoms with Gasteiger partial charge in [-0.25, -0.2) is 9.78 Å². The number of nitrogens with zero attached hydrogens (tertiary/aromatic N) is 3. The van der Waals surface area contributed by atoms with Gasteiger partial charge in [-0.2, -0.15) is 0 Å². The van der Waals surface area contributed by atoms with Crippen molar-refractivity contribution in [1.29, 1.82) is 0 Å². The number of carbonyl (C=O) groups is 1. The molecule has 0 atom stereocenters. The summed E-state index contributed by atoms with van der Waals surface area (Å²) in [6, 6.07) is 2.99. The molecule has 1 aliphatic carbocycles. The van der Waals surface area contributed by atoms with E-state index in [4.69, 9.17) is 5.11 Å². The molecule has 2 N–H and O–H groups in total. The molecule has 2 aromatic rings. The SMILES string of the molecule is O=C(O)c1ccc(Nc2nc(C3CC3)cs2)nn1. The largest absolute Gasteiger partial charge is 0.476 e. The average molecular weight is 262 g/mol. The zero-order valence-corrected chi connectivity index (χ0v) is 10.1. The van der Waals surface area contributed by atoms with Gasteiger partial charge in [-0.15, -0.1) is 21.5 Å². The number of carboxylic acid groups (broad SMARTS) is 1. The van der Waals surface area contributed by atoms with E-state index in [1.165, 1.54) is 30.2 Å². The zero-order chi connectivity index (χ0) is 12.5. The van der Waals surface area contributed by atoms with Crippen LogP contribution < -0.4 is 5.32 Å². The van der Waals surface area contributed by atoms with E-state index in [0.29, 0.717) is 11.7 Å². The second-order valence-electron chi connectivity index (χ2n) is 4.09. The maximum atomic E-state index is 10.6. The minimum Gasteiger partial charge on any atom is -0.476 e. The quantitative estimate of drug-likeness (QED) is 0.878. The van der Waals surface area contributed by atoms with Crippen molar-refractivity contribution < 1.29 is 9.90 Å². The van der Waals surface area contributed by atoms with Crippen LogP contribution in [-0.2, 0) is 0 Å². The van der Waals surface area contributed by atoms with Crippen molar-refractivity contribution in [3.05, 3.63) is 28.9 Å². The van der Waals surface area contributed by atoms with Crippen LogP contribution in [0.15, 0.2) is 17.5 Å². The van der Waals surface area contributed by atoms with E-state index in [1.807, 2.05) is 5.38 Å². The lowest BCUT2D eigenvalue weighted by atomic mass is 10.3. The van der Waals surface area contributed by atoms with Crippen molar-refractivity contribution in [2.24, 2.45) is 0 Å². The maximum absolute atomic E-state index is 10.6. The monoisotopic (exact) mass is 262 g/mol. The van der Waals surface area contributed by atoms with E-state index in [2.05, 4.69) is 20.5 Å². The highest BCUT2D eigenvalue weighted by atomic mass is 32.1. The first-order chi connectivity index (χ1) is 8.72. The molecule has 1 fully saturated rings. The number of anilines is 2. The third-order valence-corrected chi connectivity index (χ3v) is 3.41. The minimum absolute atomic E-state index is 0.0710. The summed E-state index contributed by atoms with van der Waals surface area (Å²) < 4.78 is 0. The van der Waals surface area contributed by atoms with Crippen molar-refractivity contribution in [3.63, 3.8) is 0 Å². The lowest BCUT2D eigenvalue weighted by Crippen LogP contribution is -2.03. The van der Waals surface area contributed by atoms with E-state index >= 15 is 0 Å². The Balaban J connectivity index is 1.72. The van der Waals surface area contributed by atoms with Crippen LogP contribution in [0.2, 0.25) is 0 Å². The average Bonchev–Trinajstić information content (AvgIpc) is 3.11. The van der Waals surface area contributed by atoms with E-state index in [0.717, 1.165) is 10.8 Å². The van der Waals surface area contributed by atoms with E-state index in [1.54, 1.807) is 6.07 Å². The number of hydrogen-bond donors (Lipinski definition) is 2. The van der Waals surface area contributed by atoms with Gasteiger partial charge in [0.05, 0.1) is 5.69 Å². The molecule has 3 rings (SSSR count). The van der Waals surface area contributed by atoms with Gasteiger partial charge < -0.3 is 10.4 Å². The molecule has 92 valence electrons. The summed E-state index contributed by atoms with van der Waals surface area (Å²) in [5.41, 5.74) is 1.05. The number of nitrogens with one attached hydrogen (secondary N) is 1. The number of rotatable bonds is 4. The molecule has 0 bridgehead atoms. The van der Waals surface area contributed by atoms with Gasteiger partial charge >= 0.3 is 5.97 Å². The molecular weight excluding hydrogens is 252 g/mol. The highest BCUT2D eigenvalue weighted by Crippen LogP contribution is 2.41. The molecule has 0 radical (unpaired) electrons. The first-order valence-corrected chi connectivity index (χ1v) is 6.40. The fourth-order valence-electron chi connectivity index (χ4n) is 1.53. The highest BCUT2D eigenvalue weighted by Gasteiger charge is 2.26. The van der Waals surface area contributed by atoms with Crippen LogP contribution in [0.4, 0.5) is 10.9 Å². The van der Waals surface area contributed by atoms with Gasteiger partial charge in [-0.1, -0.05) is 0 Å². The van der Waals surface area contributed by atoms with Crippen LogP contribution >= 0.6 is 11.3 Å². The van der Waals surface area contributed by atoms with Crippen molar-refractivity contribution >= 4 is 28.3 Å². The topological polar surface area (TPSA) is 88.0 Å². The van der Waals surface area contributed by atoms with Gasteiger partial charge in [0.2, 0.25) is 0 Å². The van der Waals surface area contributed by atoms with Crippen molar-refractivity contribution in [3.8, 4) is 0 Å². The number of carboxylic acids is 1. The third kappa shape index (κ3) is 2.30. The molecule has 0 amide bonds. The molecule has 0 saturated heterocycles. The molecule has 2 aromatic heterocycles. The van der Waals surface area contributed by atoms with Crippen LogP contribution in [0.25, 0.3) is 0 Å². The van der Waals surface area contributed by atoms with E-state index in [9.17, 15) is 4.79 Å². The van der Waals surface area contributed by atoms with Gasteiger partial charge in [0.15, 0.2) is 16.6 Å². The number of aromatic carboxylic acids is 1. The van der Waals surface area contributed by atoms with Crippen LogP contribution in [-0.4, -0.2) is 26.3 Å². The summed E-state index contributed by atoms with van der Waals surface area (Å²) in [7, 11) is 0. The smallest absolute Gasteiger partial charge is 0.356 e. The summed E-state index contributed by atoms with van der Waals surface area (Å²) in [5.74, 6) is 0.0354. The number of thiazole rings is 1. The van der Waals surface area contributed by atoms with E-state index < -0.39 is 5.97 Å².